The van der Waals surface area contributed by atoms with Gasteiger partial charge in [-0.2, -0.15) is 13.2 Å². The third-order valence-electron chi connectivity index (χ3n) is 2.22. The van der Waals surface area contributed by atoms with Crippen LogP contribution in [0.2, 0.25) is 0 Å². The molecule has 0 fully saturated rings. The maximum atomic E-state index is 12.6. The normalized spacial score (nSPS) is 11.2. The Morgan fingerprint density at radius 1 is 1.29 bits per heavy atom. The fourth-order valence-corrected chi connectivity index (χ4v) is 2.03. The number of nitrogens with one attached hydrogen (secondary N) is 1. The summed E-state index contributed by atoms with van der Waals surface area (Å²) in [5.74, 6) is -0.849. The summed E-state index contributed by atoms with van der Waals surface area (Å²) < 4.78 is 54.6. The number of halogens is 4. The maximum Gasteiger partial charge on any atom is 0.434 e. The van der Waals surface area contributed by atoms with Crippen LogP contribution in [0.5, 0.6) is 5.75 Å². The van der Waals surface area contributed by atoms with Gasteiger partial charge in [-0.1, -0.05) is 0 Å². The van der Waals surface area contributed by atoms with E-state index in [0.717, 1.165) is 17.5 Å². The third-order valence-corrected chi connectivity index (χ3v) is 2.98. The number of nitrogens with zero attached hydrogens (tertiary/aromatic N) is 1. The summed E-state index contributed by atoms with van der Waals surface area (Å²) in [6, 6.07) is 4.97. The van der Waals surface area contributed by atoms with Crippen molar-refractivity contribution in [2.24, 2.45) is 0 Å². The van der Waals surface area contributed by atoms with Gasteiger partial charge >= 0.3 is 6.18 Å². The van der Waals surface area contributed by atoms with Gasteiger partial charge in [-0.05, 0) is 24.3 Å². The van der Waals surface area contributed by atoms with E-state index in [9.17, 15) is 22.4 Å². The SMILES string of the molecule is O=C(COc1ccc(F)cc1)Nc1nc(C(F)(F)F)cs1. The second-order valence-corrected chi connectivity index (χ2v) is 4.68. The summed E-state index contributed by atoms with van der Waals surface area (Å²) in [7, 11) is 0. The summed E-state index contributed by atoms with van der Waals surface area (Å²) in [6.45, 7) is -0.424. The molecular weight excluding hydrogens is 312 g/mol. The predicted molar refractivity (Wildman–Crippen MR) is 67.6 cm³/mol. The summed E-state index contributed by atoms with van der Waals surface area (Å²) in [6.07, 6.45) is -4.55. The first-order valence-electron chi connectivity index (χ1n) is 5.55. The number of anilines is 1. The van der Waals surface area contributed by atoms with Crippen molar-refractivity contribution in [1.82, 2.24) is 4.98 Å². The number of carbonyl (C=O) groups is 1. The van der Waals surface area contributed by atoms with E-state index in [0.29, 0.717) is 11.3 Å². The Hall–Kier alpha value is -2.16. The first kappa shape index (κ1) is 15.2. The third kappa shape index (κ3) is 4.42. The fraction of sp³-hybridized carbons (Fsp3) is 0.167. The zero-order valence-electron chi connectivity index (χ0n) is 10.3. The molecule has 0 spiro atoms. The smallest absolute Gasteiger partial charge is 0.434 e. The molecule has 1 aromatic heterocycles. The Labute approximate surface area is 120 Å². The van der Waals surface area contributed by atoms with Gasteiger partial charge in [0.25, 0.3) is 5.91 Å². The van der Waals surface area contributed by atoms with E-state index in [-0.39, 0.29) is 10.9 Å². The zero-order chi connectivity index (χ0) is 15.5. The van der Waals surface area contributed by atoms with Crippen LogP contribution in [0, 0.1) is 5.82 Å². The van der Waals surface area contributed by atoms with Crippen LogP contribution in [0.4, 0.5) is 22.7 Å². The van der Waals surface area contributed by atoms with Gasteiger partial charge in [0.15, 0.2) is 17.4 Å². The number of hydrogen-bond acceptors (Lipinski definition) is 4. The average Bonchev–Trinajstić information content (AvgIpc) is 2.86. The molecule has 0 aliphatic carbocycles. The van der Waals surface area contributed by atoms with Crippen LogP contribution in [-0.2, 0) is 11.0 Å². The first-order chi connectivity index (χ1) is 9.84. The van der Waals surface area contributed by atoms with E-state index in [1.165, 1.54) is 12.1 Å². The minimum absolute atomic E-state index is 0.171. The number of thiazole rings is 1. The van der Waals surface area contributed by atoms with Crippen LogP contribution in [0.1, 0.15) is 5.69 Å². The highest BCUT2D eigenvalue weighted by Gasteiger charge is 2.33. The maximum absolute atomic E-state index is 12.6. The van der Waals surface area contributed by atoms with Crippen LogP contribution in [0.15, 0.2) is 29.6 Å². The van der Waals surface area contributed by atoms with E-state index >= 15 is 0 Å². The number of hydrogen-bond donors (Lipinski definition) is 1. The van der Waals surface area contributed by atoms with Gasteiger partial charge in [-0.15, -0.1) is 11.3 Å². The molecule has 1 N–H and O–H groups in total. The molecule has 0 saturated carbocycles. The van der Waals surface area contributed by atoms with Crippen LogP contribution in [0.25, 0.3) is 0 Å². The molecule has 4 nitrogen and oxygen atoms in total. The number of aromatic nitrogens is 1. The highest BCUT2D eigenvalue weighted by atomic mass is 32.1. The van der Waals surface area contributed by atoms with E-state index in [1.807, 2.05) is 0 Å². The van der Waals surface area contributed by atoms with Crippen LogP contribution in [0.3, 0.4) is 0 Å². The van der Waals surface area contributed by atoms with Gasteiger partial charge < -0.3 is 4.74 Å². The fourth-order valence-electron chi connectivity index (χ4n) is 1.30. The molecular formula is C12H8F4N2O2S. The van der Waals surface area contributed by atoms with Crippen molar-refractivity contribution < 1.29 is 27.1 Å². The summed E-state index contributed by atoms with van der Waals surface area (Å²) in [5, 5.41) is 2.82. The Morgan fingerprint density at radius 3 is 2.52 bits per heavy atom. The quantitative estimate of drug-likeness (QED) is 0.879. The molecule has 0 radical (unpaired) electrons. The lowest BCUT2D eigenvalue weighted by Gasteiger charge is -2.05. The molecule has 0 bridgehead atoms. The Kier molecular flexibility index (Phi) is 4.41. The molecule has 2 rings (SSSR count). The molecule has 0 aliphatic heterocycles. The minimum atomic E-state index is -4.55. The second kappa shape index (κ2) is 6.08. The number of amides is 1. The Bertz CT molecular complexity index is 625. The lowest BCUT2D eigenvalue weighted by Crippen LogP contribution is -2.20. The first-order valence-corrected chi connectivity index (χ1v) is 6.43. The summed E-state index contributed by atoms with van der Waals surface area (Å²) in [5.41, 5.74) is -1.07. The largest absolute Gasteiger partial charge is 0.484 e. The molecule has 0 unspecified atom stereocenters. The van der Waals surface area contributed by atoms with E-state index in [4.69, 9.17) is 4.74 Å². The minimum Gasteiger partial charge on any atom is -0.484 e. The number of benzene rings is 1. The Balaban J connectivity index is 1.87. The van der Waals surface area contributed by atoms with Crippen molar-refractivity contribution in [2.45, 2.75) is 6.18 Å². The molecule has 9 heteroatoms. The number of rotatable bonds is 4. The van der Waals surface area contributed by atoms with Gasteiger partial charge in [0, 0.05) is 5.38 Å². The van der Waals surface area contributed by atoms with Gasteiger partial charge in [0.1, 0.15) is 11.6 Å². The topological polar surface area (TPSA) is 51.2 Å². The predicted octanol–water partition coefficient (Wildman–Crippen LogP) is 3.32. The van der Waals surface area contributed by atoms with Crippen LogP contribution >= 0.6 is 11.3 Å². The van der Waals surface area contributed by atoms with Crippen molar-refractivity contribution in [2.75, 3.05) is 11.9 Å². The second-order valence-electron chi connectivity index (χ2n) is 3.83. The zero-order valence-corrected chi connectivity index (χ0v) is 11.1. The summed E-state index contributed by atoms with van der Waals surface area (Å²) in [4.78, 5) is 14.7. The average molecular weight is 320 g/mol. The lowest BCUT2D eigenvalue weighted by molar-refractivity contribution is -0.140. The Morgan fingerprint density at radius 2 is 1.95 bits per heavy atom. The van der Waals surface area contributed by atoms with Gasteiger partial charge in [0.05, 0.1) is 0 Å². The van der Waals surface area contributed by atoms with Gasteiger partial charge in [-0.25, -0.2) is 9.37 Å². The molecule has 0 aliphatic rings. The molecule has 0 saturated heterocycles. The lowest BCUT2D eigenvalue weighted by atomic mass is 10.3. The molecule has 112 valence electrons. The van der Waals surface area contributed by atoms with Gasteiger partial charge in [0.2, 0.25) is 0 Å². The molecule has 2 aromatic rings. The molecule has 21 heavy (non-hydrogen) atoms. The van der Waals surface area contributed by atoms with E-state index in [1.54, 1.807) is 0 Å². The number of carbonyl (C=O) groups excluding carboxylic acids is 1. The van der Waals surface area contributed by atoms with Crippen molar-refractivity contribution in [1.29, 1.82) is 0 Å². The standard InChI is InChI=1S/C12H8F4N2O2S/c13-7-1-3-8(4-2-7)20-5-10(19)18-11-17-9(6-21-11)12(14,15)16/h1-4,6H,5H2,(H,17,18,19). The molecule has 1 heterocycles. The highest BCUT2D eigenvalue weighted by Crippen LogP contribution is 2.31. The van der Waals surface area contributed by atoms with Crippen LogP contribution < -0.4 is 10.1 Å². The summed E-state index contributed by atoms with van der Waals surface area (Å²) >= 11 is 0.660. The van der Waals surface area contributed by atoms with Crippen molar-refractivity contribution in [3.05, 3.63) is 41.2 Å². The van der Waals surface area contributed by atoms with Crippen LogP contribution in [-0.4, -0.2) is 17.5 Å². The number of alkyl halides is 3. The van der Waals surface area contributed by atoms with Crippen molar-refractivity contribution in [3.63, 3.8) is 0 Å². The van der Waals surface area contributed by atoms with Gasteiger partial charge in [-0.3, -0.25) is 10.1 Å². The van der Waals surface area contributed by atoms with Crippen molar-refractivity contribution >= 4 is 22.4 Å². The molecule has 1 aromatic carbocycles. The molecule has 0 atom stereocenters. The highest BCUT2D eigenvalue weighted by molar-refractivity contribution is 7.13. The van der Waals surface area contributed by atoms with Crippen molar-refractivity contribution in [3.8, 4) is 5.75 Å². The monoisotopic (exact) mass is 320 g/mol. The molecule has 1 amide bonds. The van der Waals surface area contributed by atoms with E-state index < -0.39 is 30.2 Å². The van der Waals surface area contributed by atoms with E-state index in [2.05, 4.69) is 10.3 Å². The number of ether oxygens (including phenoxy) is 1.